The van der Waals surface area contributed by atoms with Gasteiger partial charge in [-0.2, -0.15) is 0 Å². The predicted molar refractivity (Wildman–Crippen MR) is 177 cm³/mol. The molecule has 2 amide bonds. The first-order valence-corrected chi connectivity index (χ1v) is 17.1. The highest BCUT2D eigenvalue weighted by Crippen LogP contribution is 2.39. The van der Waals surface area contributed by atoms with Gasteiger partial charge in [-0.15, -0.1) is 0 Å². The van der Waals surface area contributed by atoms with Gasteiger partial charge in [0.15, 0.2) is 0 Å². The molecular formula is C34H42BrClN6O3. The summed E-state index contributed by atoms with van der Waals surface area (Å²) >= 11 is 10.1. The maximum atomic E-state index is 14.5. The quantitative estimate of drug-likeness (QED) is 0.330. The van der Waals surface area contributed by atoms with E-state index in [4.69, 9.17) is 21.3 Å². The van der Waals surface area contributed by atoms with Gasteiger partial charge < -0.3 is 14.2 Å². The molecule has 0 spiro atoms. The molecule has 1 aromatic carbocycles. The largest absolute Gasteiger partial charge is 0.444 e. The van der Waals surface area contributed by atoms with E-state index in [9.17, 15) is 9.59 Å². The van der Waals surface area contributed by atoms with Crippen molar-refractivity contribution in [1.82, 2.24) is 29.2 Å². The molecule has 240 valence electrons. The Hall–Kier alpha value is -2.95. The van der Waals surface area contributed by atoms with E-state index < -0.39 is 17.7 Å². The van der Waals surface area contributed by atoms with Gasteiger partial charge in [-0.3, -0.25) is 19.6 Å². The number of nitrogens with zero attached hydrogens (tertiary/aromatic N) is 6. The van der Waals surface area contributed by atoms with E-state index in [0.29, 0.717) is 43.7 Å². The summed E-state index contributed by atoms with van der Waals surface area (Å²) in [6.07, 6.45) is 8.90. The van der Waals surface area contributed by atoms with Gasteiger partial charge >= 0.3 is 6.09 Å². The van der Waals surface area contributed by atoms with Gasteiger partial charge in [0, 0.05) is 67.4 Å². The monoisotopic (exact) mass is 696 g/mol. The maximum Gasteiger partial charge on any atom is 0.411 e. The van der Waals surface area contributed by atoms with Crippen LogP contribution in [0.2, 0.25) is 5.02 Å². The molecule has 11 heteroatoms. The molecule has 45 heavy (non-hydrogen) atoms. The Morgan fingerprint density at radius 3 is 2.62 bits per heavy atom. The van der Waals surface area contributed by atoms with Gasteiger partial charge in [-0.05, 0) is 110 Å². The summed E-state index contributed by atoms with van der Waals surface area (Å²) in [4.78, 5) is 43.4. The summed E-state index contributed by atoms with van der Waals surface area (Å²) in [5, 5.41) is 0.709. The summed E-state index contributed by atoms with van der Waals surface area (Å²) in [6.45, 7) is 11.1. The number of imidazole rings is 1. The third-order valence-electron chi connectivity index (χ3n) is 9.19. The number of hydrogen-bond acceptors (Lipinski definition) is 6. The summed E-state index contributed by atoms with van der Waals surface area (Å²) in [5.74, 6) is 1.27. The number of carbonyl (C=O) groups excluding carboxylic acids is 2. The molecule has 9 nitrogen and oxygen atoms in total. The number of fused-ring (bicyclic) bond motifs is 2. The summed E-state index contributed by atoms with van der Waals surface area (Å²) in [5.41, 5.74) is 3.83. The molecular weight excluding hydrogens is 656 g/mol. The normalized spacial score (nSPS) is 22.4. The number of ether oxygens (including phenoxy) is 1. The van der Waals surface area contributed by atoms with Crippen molar-refractivity contribution in [2.45, 2.75) is 77.6 Å². The number of piperidine rings is 1. The van der Waals surface area contributed by atoms with E-state index in [1.165, 1.54) is 11.1 Å². The zero-order chi connectivity index (χ0) is 31.9. The van der Waals surface area contributed by atoms with E-state index in [1.807, 2.05) is 57.3 Å². The van der Waals surface area contributed by atoms with Gasteiger partial charge in [0.25, 0.3) is 0 Å². The van der Waals surface area contributed by atoms with Crippen LogP contribution in [0, 0.1) is 12.8 Å². The second-order valence-electron chi connectivity index (χ2n) is 13.5. The fourth-order valence-corrected chi connectivity index (χ4v) is 7.64. The average molecular weight is 698 g/mol. The standard InChI is InChI=1S/C34H42BrClN6O3/c1-22-37-11-13-39(22)19-23-6-5-12-41(20-23)32(43)29-21-40(14-15-42(29)33(44)45-34(2,3)4)31-28-10-9-27(36)17-24(28)7-8-25-16-26(35)18-38-30(25)31/h9-11,13,16-18,23,29,31H,5-8,12,14-15,19-21H2,1-4H3/t23-,29+,31?/m0/s1. The number of benzene rings is 1. The average Bonchev–Trinajstić information content (AvgIpc) is 3.32. The van der Waals surface area contributed by atoms with Crippen LogP contribution in [0.4, 0.5) is 4.79 Å². The van der Waals surface area contributed by atoms with Crippen molar-refractivity contribution in [1.29, 1.82) is 0 Å². The maximum absolute atomic E-state index is 14.5. The van der Waals surface area contributed by atoms with Gasteiger partial charge in [-0.1, -0.05) is 17.7 Å². The molecule has 2 aliphatic heterocycles. The highest BCUT2D eigenvalue weighted by atomic mass is 79.9. The number of likely N-dealkylation sites (tertiary alicyclic amines) is 1. The van der Waals surface area contributed by atoms with Gasteiger partial charge in [-0.25, -0.2) is 9.78 Å². The Morgan fingerprint density at radius 1 is 1.07 bits per heavy atom. The van der Waals surface area contributed by atoms with Crippen molar-refractivity contribution < 1.29 is 14.3 Å². The number of rotatable bonds is 4. The Bertz CT molecular complexity index is 1520. The topological polar surface area (TPSA) is 83.8 Å². The minimum atomic E-state index is -0.680. The van der Waals surface area contributed by atoms with Gasteiger partial charge in [0.05, 0.1) is 11.7 Å². The number of pyridine rings is 1. The minimum absolute atomic E-state index is 0.0217. The molecule has 6 rings (SSSR count). The zero-order valence-electron chi connectivity index (χ0n) is 26.5. The Balaban J connectivity index is 1.32. The lowest BCUT2D eigenvalue weighted by Crippen LogP contribution is -2.63. The summed E-state index contributed by atoms with van der Waals surface area (Å²) in [6, 6.07) is 7.40. The second-order valence-corrected chi connectivity index (χ2v) is 14.9. The summed E-state index contributed by atoms with van der Waals surface area (Å²) in [7, 11) is 0. The first kappa shape index (κ1) is 32.0. The van der Waals surface area contributed by atoms with E-state index >= 15 is 0 Å². The third-order valence-corrected chi connectivity index (χ3v) is 9.86. The SMILES string of the molecule is Cc1nccn1C[C@@H]1CCCN(C(=O)[C@H]2CN(C3c4ccc(Cl)cc4CCc4cc(Br)cnc43)CCN2C(=O)OC(C)(C)C)C1. The molecule has 1 unspecified atom stereocenters. The fourth-order valence-electron chi connectivity index (χ4n) is 7.07. The van der Waals surface area contributed by atoms with Crippen LogP contribution in [0.3, 0.4) is 0 Å². The molecule has 3 aliphatic rings. The Morgan fingerprint density at radius 2 is 1.87 bits per heavy atom. The molecule has 2 aromatic heterocycles. The van der Waals surface area contributed by atoms with Crippen molar-refractivity contribution >= 4 is 39.5 Å². The first-order valence-electron chi connectivity index (χ1n) is 15.9. The van der Waals surface area contributed by atoms with Crippen LogP contribution in [-0.2, 0) is 28.9 Å². The van der Waals surface area contributed by atoms with E-state index in [1.54, 1.807) is 4.90 Å². The van der Waals surface area contributed by atoms with Crippen LogP contribution in [0.5, 0.6) is 0 Å². The number of piperazine rings is 1. The van der Waals surface area contributed by atoms with Crippen molar-refractivity contribution in [3.63, 3.8) is 0 Å². The molecule has 0 bridgehead atoms. The number of halogens is 2. The molecule has 0 saturated carbocycles. The molecule has 0 N–H and O–H groups in total. The van der Waals surface area contributed by atoms with Crippen molar-refractivity contribution in [3.05, 3.63) is 80.6 Å². The summed E-state index contributed by atoms with van der Waals surface area (Å²) < 4.78 is 8.95. The first-order chi connectivity index (χ1) is 21.5. The van der Waals surface area contributed by atoms with Crippen LogP contribution >= 0.6 is 27.5 Å². The van der Waals surface area contributed by atoms with Gasteiger partial charge in [0.2, 0.25) is 5.91 Å². The molecule has 3 atom stereocenters. The van der Waals surface area contributed by atoms with Crippen LogP contribution in [0.25, 0.3) is 0 Å². The zero-order valence-corrected chi connectivity index (χ0v) is 28.9. The lowest BCUT2D eigenvalue weighted by Gasteiger charge is -2.46. The van der Waals surface area contributed by atoms with Crippen LogP contribution in [0.1, 0.15) is 67.9 Å². The molecule has 2 saturated heterocycles. The third kappa shape index (κ3) is 7.08. The van der Waals surface area contributed by atoms with Gasteiger partial charge in [0.1, 0.15) is 17.5 Å². The Kier molecular flexibility index (Phi) is 9.28. The smallest absolute Gasteiger partial charge is 0.411 e. The predicted octanol–water partition coefficient (Wildman–Crippen LogP) is 6.05. The van der Waals surface area contributed by atoms with Crippen molar-refractivity contribution in [2.24, 2.45) is 5.92 Å². The number of aromatic nitrogens is 3. The van der Waals surface area contributed by atoms with E-state index in [2.05, 4.69) is 48.6 Å². The van der Waals surface area contributed by atoms with Crippen LogP contribution in [-0.4, -0.2) is 85.6 Å². The highest BCUT2D eigenvalue weighted by Gasteiger charge is 2.43. The molecule has 0 radical (unpaired) electrons. The fraction of sp³-hybridized carbons (Fsp3) is 0.529. The molecule has 3 aromatic rings. The highest BCUT2D eigenvalue weighted by molar-refractivity contribution is 9.10. The minimum Gasteiger partial charge on any atom is -0.444 e. The van der Waals surface area contributed by atoms with Crippen molar-refractivity contribution in [3.8, 4) is 0 Å². The van der Waals surface area contributed by atoms with E-state index in [0.717, 1.165) is 53.8 Å². The number of amides is 2. The molecule has 1 aliphatic carbocycles. The van der Waals surface area contributed by atoms with Crippen LogP contribution in [0.15, 0.2) is 47.3 Å². The van der Waals surface area contributed by atoms with Crippen LogP contribution < -0.4 is 0 Å². The molecule has 2 fully saturated rings. The lowest BCUT2D eigenvalue weighted by atomic mass is 9.94. The lowest BCUT2D eigenvalue weighted by molar-refractivity contribution is -0.141. The van der Waals surface area contributed by atoms with Crippen molar-refractivity contribution in [2.75, 3.05) is 32.7 Å². The second kappa shape index (κ2) is 13.0. The molecule has 4 heterocycles. The number of hydrogen-bond donors (Lipinski definition) is 0. The number of carbonyl (C=O) groups is 2. The van der Waals surface area contributed by atoms with E-state index in [-0.39, 0.29) is 11.9 Å². The Labute approximate surface area is 279 Å². The number of aryl methyl sites for hydroxylation is 3.